The minimum Gasteiger partial charge on any atom is -0.456 e. The highest BCUT2D eigenvalue weighted by atomic mass is 32.2. The smallest absolute Gasteiger partial charge is 0.338 e. The number of amidine groups is 1. The van der Waals surface area contributed by atoms with Crippen molar-refractivity contribution in [2.24, 2.45) is 4.99 Å². The number of nitrogens with zero attached hydrogens (tertiary/aromatic N) is 3. The predicted octanol–water partition coefficient (Wildman–Crippen LogP) is 3.85. The molecule has 1 aromatic carbocycles. The molecule has 0 bridgehead atoms. The fourth-order valence-corrected chi connectivity index (χ4v) is 4.96. The third-order valence-electron chi connectivity index (χ3n) is 5.43. The lowest BCUT2D eigenvalue weighted by atomic mass is 9.93. The zero-order valence-electron chi connectivity index (χ0n) is 19.0. The molecule has 1 saturated heterocycles. The van der Waals surface area contributed by atoms with E-state index in [0.29, 0.717) is 37.6 Å². The molecule has 170 valence electrons. The highest BCUT2D eigenvalue weighted by molar-refractivity contribution is 8.16. The van der Waals surface area contributed by atoms with Crippen molar-refractivity contribution in [3.63, 3.8) is 0 Å². The van der Waals surface area contributed by atoms with Gasteiger partial charge in [0.1, 0.15) is 5.60 Å². The monoisotopic (exact) mass is 455 g/mol. The maximum absolute atomic E-state index is 13.3. The number of hydrogen-bond donors (Lipinski definition) is 0. The molecule has 7 nitrogen and oxygen atoms in total. The molecule has 0 aromatic heterocycles. The van der Waals surface area contributed by atoms with Gasteiger partial charge in [-0.2, -0.15) is 0 Å². The average Bonchev–Trinajstić information content (AvgIpc) is 3.14. The third kappa shape index (κ3) is 4.76. The molecule has 3 heterocycles. The lowest BCUT2D eigenvalue weighted by molar-refractivity contribution is -0.150. The second-order valence-corrected chi connectivity index (χ2v) is 9.81. The van der Waals surface area contributed by atoms with Crippen LogP contribution >= 0.6 is 11.8 Å². The molecular weight excluding hydrogens is 426 g/mol. The summed E-state index contributed by atoms with van der Waals surface area (Å²) in [5.41, 5.74) is 2.31. The number of ether oxygens (including phenoxy) is 2. The predicted molar refractivity (Wildman–Crippen MR) is 125 cm³/mol. The van der Waals surface area contributed by atoms with Gasteiger partial charge in [-0.1, -0.05) is 42.1 Å². The van der Waals surface area contributed by atoms with E-state index in [1.807, 2.05) is 73.2 Å². The van der Waals surface area contributed by atoms with Gasteiger partial charge in [0.05, 0.1) is 36.9 Å². The van der Waals surface area contributed by atoms with E-state index < -0.39 is 11.6 Å². The van der Waals surface area contributed by atoms with Gasteiger partial charge in [0.15, 0.2) is 5.17 Å². The van der Waals surface area contributed by atoms with E-state index in [9.17, 15) is 9.59 Å². The van der Waals surface area contributed by atoms with Crippen molar-refractivity contribution in [1.82, 2.24) is 9.80 Å². The van der Waals surface area contributed by atoms with Gasteiger partial charge < -0.3 is 19.3 Å². The molecule has 0 saturated carbocycles. The Bertz CT molecular complexity index is 988. The number of rotatable bonds is 4. The van der Waals surface area contributed by atoms with E-state index in [4.69, 9.17) is 14.5 Å². The molecule has 0 N–H and O–H groups in total. The van der Waals surface area contributed by atoms with Gasteiger partial charge in [-0.05, 0) is 38.7 Å². The van der Waals surface area contributed by atoms with Crippen LogP contribution in [-0.2, 0) is 19.1 Å². The Morgan fingerprint density at radius 3 is 2.53 bits per heavy atom. The molecule has 1 atom stereocenters. The first kappa shape index (κ1) is 22.6. The van der Waals surface area contributed by atoms with Crippen LogP contribution < -0.4 is 0 Å². The van der Waals surface area contributed by atoms with Gasteiger partial charge in [0, 0.05) is 18.8 Å². The summed E-state index contributed by atoms with van der Waals surface area (Å²) in [5.74, 6) is -0.333. The lowest BCUT2D eigenvalue weighted by Crippen LogP contribution is -2.42. The van der Waals surface area contributed by atoms with E-state index in [-0.39, 0.29) is 18.3 Å². The van der Waals surface area contributed by atoms with Gasteiger partial charge in [-0.25, -0.2) is 9.79 Å². The second kappa shape index (κ2) is 9.11. The minimum atomic E-state index is -0.625. The number of esters is 1. The van der Waals surface area contributed by atoms with Gasteiger partial charge in [-0.3, -0.25) is 4.79 Å². The first-order valence-electron chi connectivity index (χ1n) is 10.8. The van der Waals surface area contributed by atoms with E-state index in [1.165, 1.54) is 11.8 Å². The molecule has 3 aliphatic heterocycles. The Labute approximate surface area is 193 Å². The number of morpholine rings is 1. The number of aliphatic imine (C=N–C) groups is 1. The van der Waals surface area contributed by atoms with Gasteiger partial charge in [0.25, 0.3) is 0 Å². The van der Waals surface area contributed by atoms with Gasteiger partial charge >= 0.3 is 5.97 Å². The summed E-state index contributed by atoms with van der Waals surface area (Å²) in [4.78, 5) is 34.8. The molecule has 4 rings (SSSR count). The largest absolute Gasteiger partial charge is 0.456 e. The first-order valence-corrected chi connectivity index (χ1v) is 11.7. The normalized spacial score (nSPS) is 21.2. The number of hydrogen-bond acceptors (Lipinski definition) is 7. The van der Waals surface area contributed by atoms with Crippen LogP contribution in [0, 0.1) is 0 Å². The van der Waals surface area contributed by atoms with Crippen molar-refractivity contribution >= 4 is 28.8 Å². The Hall–Kier alpha value is -2.58. The fourth-order valence-electron chi connectivity index (χ4n) is 3.99. The Morgan fingerprint density at radius 2 is 1.88 bits per heavy atom. The van der Waals surface area contributed by atoms with Crippen LogP contribution in [0.4, 0.5) is 0 Å². The fraction of sp³-hybridized carbons (Fsp3) is 0.458. The summed E-state index contributed by atoms with van der Waals surface area (Å²) < 4.78 is 11.1. The summed E-state index contributed by atoms with van der Waals surface area (Å²) >= 11 is 1.48. The summed E-state index contributed by atoms with van der Waals surface area (Å²) in [6.45, 7) is 9.74. The number of thioether (sulfide) groups is 1. The number of benzene rings is 1. The summed E-state index contributed by atoms with van der Waals surface area (Å²) in [6.07, 6.45) is 0.246. The van der Waals surface area contributed by atoms with E-state index in [2.05, 4.69) is 0 Å². The summed E-state index contributed by atoms with van der Waals surface area (Å²) in [5, 5.41) is 2.74. The molecule has 8 heteroatoms. The van der Waals surface area contributed by atoms with Crippen molar-refractivity contribution in [3.05, 3.63) is 58.3 Å². The van der Waals surface area contributed by atoms with Crippen LogP contribution in [0.25, 0.3) is 0 Å². The van der Waals surface area contributed by atoms with Crippen LogP contribution in [0.3, 0.4) is 0 Å². The molecule has 0 radical (unpaired) electrons. The average molecular weight is 456 g/mol. The van der Waals surface area contributed by atoms with Crippen LogP contribution in [0.5, 0.6) is 0 Å². The Kier molecular flexibility index (Phi) is 6.44. The van der Waals surface area contributed by atoms with Gasteiger partial charge in [0.2, 0.25) is 5.91 Å². The van der Waals surface area contributed by atoms with Crippen LogP contribution in [-0.4, -0.2) is 58.7 Å². The van der Waals surface area contributed by atoms with Crippen LogP contribution in [0.2, 0.25) is 0 Å². The third-order valence-corrected chi connectivity index (χ3v) is 6.32. The van der Waals surface area contributed by atoms with Crippen molar-refractivity contribution < 1.29 is 19.1 Å². The SMILES string of the molecule is CC1=C(C(=O)OC(C)(C)C)[C@@H](c2ccccc2)N2C(CC(=O)N3CCOCC3)=CSC2=N1. The van der Waals surface area contributed by atoms with Crippen LogP contribution in [0.1, 0.15) is 45.7 Å². The van der Waals surface area contributed by atoms with E-state index in [0.717, 1.165) is 16.4 Å². The van der Waals surface area contributed by atoms with Crippen molar-refractivity contribution in [2.75, 3.05) is 26.3 Å². The number of carbonyl (C=O) groups excluding carboxylic acids is 2. The zero-order chi connectivity index (χ0) is 22.9. The standard InChI is InChI=1S/C24H29N3O4S/c1-16-20(22(29)31-24(2,3)4)21(17-8-6-5-7-9-17)27-18(15-32-23(27)25-16)14-19(28)26-10-12-30-13-11-26/h5-9,15,21H,10-14H2,1-4H3/t21-/m1/s1. The van der Waals surface area contributed by atoms with Gasteiger partial charge in [-0.15, -0.1) is 0 Å². The van der Waals surface area contributed by atoms with E-state index >= 15 is 0 Å². The molecule has 32 heavy (non-hydrogen) atoms. The van der Waals surface area contributed by atoms with E-state index in [1.54, 1.807) is 0 Å². The van der Waals surface area contributed by atoms with Crippen molar-refractivity contribution in [2.45, 2.75) is 45.8 Å². The second-order valence-electron chi connectivity index (χ2n) is 8.98. The maximum atomic E-state index is 13.3. The summed E-state index contributed by atoms with van der Waals surface area (Å²) in [6, 6.07) is 9.44. The topological polar surface area (TPSA) is 71.4 Å². The van der Waals surface area contributed by atoms with Crippen molar-refractivity contribution in [1.29, 1.82) is 0 Å². The van der Waals surface area contributed by atoms with Crippen molar-refractivity contribution in [3.8, 4) is 0 Å². The quantitative estimate of drug-likeness (QED) is 0.642. The Morgan fingerprint density at radius 1 is 1.19 bits per heavy atom. The summed E-state index contributed by atoms with van der Waals surface area (Å²) in [7, 11) is 0. The molecule has 1 aromatic rings. The molecule has 1 fully saturated rings. The number of allylic oxidation sites excluding steroid dienone is 1. The minimum absolute atomic E-state index is 0.0540. The Balaban J connectivity index is 1.68. The molecule has 3 aliphatic rings. The molecule has 1 amide bonds. The molecule has 0 spiro atoms. The highest BCUT2D eigenvalue weighted by Gasteiger charge is 2.42. The lowest BCUT2D eigenvalue weighted by Gasteiger charge is -2.37. The number of amides is 1. The molecule has 0 aliphatic carbocycles. The zero-order valence-corrected chi connectivity index (χ0v) is 19.8. The molecule has 0 unspecified atom stereocenters. The van der Waals surface area contributed by atoms with Crippen LogP contribution in [0.15, 0.2) is 57.7 Å². The maximum Gasteiger partial charge on any atom is 0.338 e. The first-order chi connectivity index (χ1) is 15.2. The number of fused-ring (bicyclic) bond motifs is 1. The number of carbonyl (C=O) groups is 2. The highest BCUT2D eigenvalue weighted by Crippen LogP contribution is 2.45. The molecular formula is C24H29N3O4S.